The molecule has 106 valence electrons. The number of ether oxygens (including phenoxy) is 1. The number of hydrogen-bond donors (Lipinski definition) is 0. The van der Waals surface area contributed by atoms with E-state index in [4.69, 9.17) is 4.74 Å². The van der Waals surface area contributed by atoms with E-state index in [1.165, 1.54) is 11.8 Å². The van der Waals surface area contributed by atoms with E-state index in [2.05, 4.69) is 0 Å². The Bertz CT molecular complexity index is 567. The van der Waals surface area contributed by atoms with Gasteiger partial charge in [0, 0.05) is 4.90 Å². The lowest BCUT2D eigenvalue weighted by Gasteiger charge is -2.12. The van der Waals surface area contributed by atoms with E-state index in [1.54, 1.807) is 12.3 Å². The highest BCUT2D eigenvalue weighted by atomic mass is 32.2. The van der Waals surface area contributed by atoms with E-state index in [9.17, 15) is 13.2 Å². The summed E-state index contributed by atoms with van der Waals surface area (Å²) in [5.41, 5.74) is 0.225. The van der Waals surface area contributed by atoms with Crippen molar-refractivity contribution in [3.63, 3.8) is 0 Å². The second-order valence-corrected chi connectivity index (χ2v) is 5.05. The van der Waals surface area contributed by atoms with Gasteiger partial charge in [0.1, 0.15) is 12.4 Å². The molecule has 0 aliphatic carbocycles. The van der Waals surface area contributed by atoms with Gasteiger partial charge in [0.15, 0.2) is 0 Å². The fourth-order valence-corrected chi connectivity index (χ4v) is 2.16. The van der Waals surface area contributed by atoms with Crippen LogP contribution >= 0.6 is 11.8 Å². The molecule has 0 amide bonds. The first kappa shape index (κ1) is 14.8. The fourth-order valence-electron chi connectivity index (χ4n) is 1.68. The van der Waals surface area contributed by atoms with Crippen molar-refractivity contribution in [2.45, 2.75) is 17.7 Å². The van der Waals surface area contributed by atoms with Crippen LogP contribution < -0.4 is 4.74 Å². The van der Waals surface area contributed by atoms with Crippen molar-refractivity contribution in [3.8, 4) is 5.75 Å². The smallest absolute Gasteiger partial charge is 0.416 e. The highest BCUT2D eigenvalue weighted by Crippen LogP contribution is 2.35. The zero-order valence-electron chi connectivity index (χ0n) is 10.8. The van der Waals surface area contributed by atoms with Crippen LogP contribution in [0.1, 0.15) is 11.1 Å². The van der Waals surface area contributed by atoms with E-state index >= 15 is 0 Å². The number of rotatable bonds is 4. The van der Waals surface area contributed by atoms with E-state index in [-0.39, 0.29) is 12.4 Å². The van der Waals surface area contributed by atoms with Crippen LogP contribution in [0, 0.1) is 0 Å². The third kappa shape index (κ3) is 3.93. The fraction of sp³-hybridized carbons (Fsp3) is 0.200. The minimum Gasteiger partial charge on any atom is -0.489 e. The molecule has 0 aromatic heterocycles. The summed E-state index contributed by atoms with van der Waals surface area (Å²) in [5.74, 6) is 0.230. The molecule has 0 N–H and O–H groups in total. The van der Waals surface area contributed by atoms with Gasteiger partial charge >= 0.3 is 6.18 Å². The van der Waals surface area contributed by atoms with Gasteiger partial charge < -0.3 is 4.74 Å². The van der Waals surface area contributed by atoms with Gasteiger partial charge in [0.05, 0.1) is 5.56 Å². The highest BCUT2D eigenvalue weighted by Gasteiger charge is 2.31. The molecule has 0 aliphatic rings. The molecule has 2 rings (SSSR count). The third-order valence-electron chi connectivity index (χ3n) is 2.69. The number of benzene rings is 2. The van der Waals surface area contributed by atoms with Crippen molar-refractivity contribution in [1.29, 1.82) is 0 Å². The van der Waals surface area contributed by atoms with Crippen molar-refractivity contribution in [3.05, 3.63) is 59.7 Å². The van der Waals surface area contributed by atoms with Crippen LogP contribution in [-0.4, -0.2) is 6.26 Å². The molecule has 0 heterocycles. The molecule has 0 unspecified atom stereocenters. The molecule has 20 heavy (non-hydrogen) atoms. The maximum Gasteiger partial charge on any atom is 0.416 e. The molecule has 0 bridgehead atoms. The number of alkyl halides is 3. The molecule has 0 saturated heterocycles. The molecule has 2 aromatic carbocycles. The molecule has 0 spiro atoms. The monoisotopic (exact) mass is 298 g/mol. The Labute approximate surface area is 119 Å². The topological polar surface area (TPSA) is 9.23 Å². The predicted octanol–water partition coefficient (Wildman–Crippen LogP) is 5.01. The van der Waals surface area contributed by atoms with Gasteiger partial charge in [-0.1, -0.05) is 30.3 Å². The molecular formula is C15H13F3OS. The molecule has 1 nitrogen and oxygen atoms in total. The maximum atomic E-state index is 12.8. The van der Waals surface area contributed by atoms with Gasteiger partial charge in [-0.3, -0.25) is 0 Å². The summed E-state index contributed by atoms with van der Waals surface area (Å²) in [5, 5.41) is 0. The van der Waals surface area contributed by atoms with Crippen molar-refractivity contribution in [2.75, 3.05) is 6.26 Å². The normalized spacial score (nSPS) is 11.4. The lowest BCUT2D eigenvalue weighted by molar-refractivity contribution is -0.137. The molecule has 0 fully saturated rings. The largest absolute Gasteiger partial charge is 0.489 e. The molecule has 0 radical (unpaired) electrons. The number of halogens is 3. The van der Waals surface area contributed by atoms with Gasteiger partial charge in [0.25, 0.3) is 0 Å². The third-order valence-corrected chi connectivity index (χ3v) is 3.40. The van der Waals surface area contributed by atoms with Crippen LogP contribution in [0.5, 0.6) is 5.75 Å². The quantitative estimate of drug-likeness (QED) is 0.734. The van der Waals surface area contributed by atoms with E-state index in [1.807, 2.05) is 30.3 Å². The summed E-state index contributed by atoms with van der Waals surface area (Å²) in [6.07, 6.45) is -2.63. The van der Waals surface area contributed by atoms with Crippen molar-refractivity contribution >= 4 is 11.8 Å². The second-order valence-electron chi connectivity index (χ2n) is 4.17. The van der Waals surface area contributed by atoms with Gasteiger partial charge in [0.2, 0.25) is 0 Å². The lowest BCUT2D eigenvalue weighted by Crippen LogP contribution is -2.06. The van der Waals surface area contributed by atoms with Crippen LogP contribution in [0.4, 0.5) is 13.2 Å². The first-order valence-corrected chi connectivity index (χ1v) is 7.14. The standard InChI is InChI=1S/C15H13F3OS/c1-20-14-8-12(15(16,17)18)7-13(9-14)19-10-11-5-3-2-4-6-11/h2-9H,10H2,1H3. The van der Waals surface area contributed by atoms with Crippen LogP contribution in [0.2, 0.25) is 0 Å². The zero-order valence-corrected chi connectivity index (χ0v) is 11.6. The molecule has 0 saturated carbocycles. The molecular weight excluding hydrogens is 285 g/mol. The Hall–Kier alpha value is -1.62. The average Bonchev–Trinajstić information content (AvgIpc) is 2.45. The summed E-state index contributed by atoms with van der Waals surface area (Å²) < 4.78 is 43.8. The SMILES string of the molecule is CSc1cc(OCc2ccccc2)cc(C(F)(F)F)c1. The van der Waals surface area contributed by atoms with Gasteiger partial charge in [-0.15, -0.1) is 11.8 Å². The van der Waals surface area contributed by atoms with Gasteiger partial charge in [-0.25, -0.2) is 0 Å². The van der Waals surface area contributed by atoms with Crippen LogP contribution in [0.25, 0.3) is 0 Å². The first-order valence-electron chi connectivity index (χ1n) is 5.92. The summed E-state index contributed by atoms with van der Waals surface area (Å²) in [6, 6.07) is 13.1. The zero-order chi connectivity index (χ0) is 14.6. The summed E-state index contributed by atoms with van der Waals surface area (Å²) in [4.78, 5) is 0.530. The Kier molecular flexibility index (Phi) is 4.60. The predicted molar refractivity (Wildman–Crippen MR) is 74.0 cm³/mol. The van der Waals surface area contributed by atoms with Crippen molar-refractivity contribution in [1.82, 2.24) is 0 Å². The van der Waals surface area contributed by atoms with E-state index in [0.717, 1.165) is 17.7 Å². The maximum absolute atomic E-state index is 12.8. The van der Waals surface area contributed by atoms with E-state index < -0.39 is 11.7 Å². The Morgan fingerprint density at radius 1 is 1.05 bits per heavy atom. The summed E-state index contributed by atoms with van der Waals surface area (Å²) >= 11 is 1.25. The number of thioether (sulfide) groups is 1. The van der Waals surface area contributed by atoms with E-state index in [0.29, 0.717) is 4.90 Å². The molecule has 2 aromatic rings. The summed E-state index contributed by atoms with van der Waals surface area (Å²) in [6.45, 7) is 0.246. The van der Waals surface area contributed by atoms with Crippen molar-refractivity contribution in [2.24, 2.45) is 0 Å². The minimum atomic E-state index is -4.36. The lowest BCUT2D eigenvalue weighted by atomic mass is 10.2. The van der Waals surface area contributed by atoms with Crippen LogP contribution in [-0.2, 0) is 12.8 Å². The molecule has 5 heteroatoms. The van der Waals surface area contributed by atoms with Crippen LogP contribution in [0.15, 0.2) is 53.4 Å². The highest BCUT2D eigenvalue weighted by molar-refractivity contribution is 7.98. The Morgan fingerprint density at radius 3 is 2.35 bits per heavy atom. The Morgan fingerprint density at radius 2 is 1.75 bits per heavy atom. The Balaban J connectivity index is 2.19. The first-order chi connectivity index (χ1) is 9.49. The minimum absolute atomic E-state index is 0.230. The second kappa shape index (κ2) is 6.22. The van der Waals surface area contributed by atoms with Crippen molar-refractivity contribution < 1.29 is 17.9 Å². The molecule has 0 aliphatic heterocycles. The molecule has 0 atom stereocenters. The van der Waals surface area contributed by atoms with Gasteiger partial charge in [-0.2, -0.15) is 13.2 Å². The van der Waals surface area contributed by atoms with Gasteiger partial charge in [-0.05, 0) is 30.0 Å². The summed E-state index contributed by atoms with van der Waals surface area (Å²) in [7, 11) is 0. The average molecular weight is 298 g/mol. The number of hydrogen-bond acceptors (Lipinski definition) is 2. The van der Waals surface area contributed by atoms with Crippen LogP contribution in [0.3, 0.4) is 0 Å².